The maximum atomic E-state index is 5.78. The van der Waals surface area contributed by atoms with Crippen molar-refractivity contribution in [1.82, 2.24) is 24.5 Å². The van der Waals surface area contributed by atoms with Gasteiger partial charge in [0.1, 0.15) is 0 Å². The van der Waals surface area contributed by atoms with E-state index in [-0.39, 0.29) is 6.71 Å². The smallest absolute Gasteiger partial charge is 0.252 e. The Labute approximate surface area is 580 Å². The van der Waals surface area contributed by atoms with E-state index in [9.17, 15) is 0 Å². The average molecular weight is 1270 g/mol. The van der Waals surface area contributed by atoms with Crippen molar-refractivity contribution in [1.29, 1.82) is 0 Å². The molecular formula is C92H60BN7. The molecule has 17 aromatic rings. The molecule has 8 heteroatoms. The highest BCUT2D eigenvalue weighted by atomic mass is 15.2. The standard InChI is InChI=1S/C92H60BN7/c1-8-26-61(27-9-1)68-48-52-83-74(56-68)75-57-69(62-28-10-2-11-29-62)49-53-84(75)100(83)85-54-50-70(81-59-79(64-30-12-3-13-31-64)94-91(96-81)66-34-16-5-17-35-66)58-76(85)82-60-80(65-32-14-4-15-33-65)95-92(97-82)67-46-44-63(45-47-67)73-51-55-88-89-90(73)99(72-38-20-7-21-39-72)87-43-25-23-41-78(87)93(89)77-40-22-24-42-86(77)98(88)71-36-18-6-19-37-71/h1-60H. The number of fused-ring (bicyclic) bond motifs is 7. The molecule has 0 bridgehead atoms. The van der Waals surface area contributed by atoms with Crippen LogP contribution in [-0.4, -0.2) is 31.2 Å². The molecule has 466 valence electrons. The van der Waals surface area contributed by atoms with Gasteiger partial charge in [0.15, 0.2) is 11.6 Å². The molecule has 0 saturated heterocycles. The van der Waals surface area contributed by atoms with Crippen molar-refractivity contribution >= 4 is 79.0 Å². The van der Waals surface area contributed by atoms with Crippen LogP contribution in [0.25, 0.3) is 129 Å². The molecule has 14 aromatic carbocycles. The summed E-state index contributed by atoms with van der Waals surface area (Å²) in [6, 6.07) is 130. The number of hydrogen-bond donors (Lipinski definition) is 0. The van der Waals surface area contributed by atoms with E-state index in [0.29, 0.717) is 11.6 Å². The molecule has 0 aliphatic carbocycles. The second kappa shape index (κ2) is 24.4. The van der Waals surface area contributed by atoms with Crippen LogP contribution in [0.15, 0.2) is 364 Å². The summed E-state index contributed by atoms with van der Waals surface area (Å²) in [5.41, 5.74) is 29.4. The molecule has 2 aliphatic rings. The number of anilines is 6. The lowest BCUT2D eigenvalue weighted by Gasteiger charge is -2.45. The number of aromatic nitrogens is 5. The summed E-state index contributed by atoms with van der Waals surface area (Å²) in [7, 11) is 0. The summed E-state index contributed by atoms with van der Waals surface area (Å²) in [5, 5.41) is 2.29. The minimum absolute atomic E-state index is 0.0281. The second-order valence-electron chi connectivity index (χ2n) is 25.6. The fourth-order valence-electron chi connectivity index (χ4n) is 15.2. The van der Waals surface area contributed by atoms with Crippen LogP contribution in [0, 0.1) is 0 Å². The minimum Gasteiger partial charge on any atom is -0.311 e. The highest BCUT2D eigenvalue weighted by Gasteiger charge is 2.44. The number of rotatable bonds is 12. The summed E-state index contributed by atoms with van der Waals surface area (Å²) in [4.78, 5) is 26.9. The maximum absolute atomic E-state index is 5.78. The molecule has 3 aromatic heterocycles. The van der Waals surface area contributed by atoms with E-state index in [4.69, 9.17) is 19.9 Å². The van der Waals surface area contributed by atoms with Gasteiger partial charge in [-0.1, -0.05) is 273 Å². The third-order valence-electron chi connectivity index (χ3n) is 19.8. The van der Waals surface area contributed by atoms with Gasteiger partial charge in [0.2, 0.25) is 0 Å². The van der Waals surface area contributed by atoms with Crippen molar-refractivity contribution in [3.63, 3.8) is 0 Å². The van der Waals surface area contributed by atoms with Gasteiger partial charge in [0, 0.05) is 78.2 Å². The molecule has 100 heavy (non-hydrogen) atoms. The zero-order chi connectivity index (χ0) is 66.0. The number of nitrogens with zero attached hydrogens (tertiary/aromatic N) is 7. The number of para-hydroxylation sites is 4. The van der Waals surface area contributed by atoms with Crippen molar-refractivity contribution in [3.05, 3.63) is 364 Å². The van der Waals surface area contributed by atoms with Crippen molar-refractivity contribution in [2.45, 2.75) is 0 Å². The first-order valence-corrected chi connectivity index (χ1v) is 34.0. The van der Waals surface area contributed by atoms with Gasteiger partial charge in [-0.15, -0.1) is 0 Å². The number of benzene rings is 14. The summed E-state index contributed by atoms with van der Waals surface area (Å²) in [6.07, 6.45) is 0. The van der Waals surface area contributed by atoms with Gasteiger partial charge >= 0.3 is 0 Å². The Kier molecular flexibility index (Phi) is 14.2. The Morgan fingerprint density at radius 2 is 0.610 bits per heavy atom. The maximum Gasteiger partial charge on any atom is 0.252 e. The molecule has 0 N–H and O–H groups in total. The molecule has 19 rings (SSSR count). The largest absolute Gasteiger partial charge is 0.311 e. The van der Waals surface area contributed by atoms with Crippen LogP contribution < -0.4 is 26.2 Å². The Morgan fingerprint density at radius 3 is 1.14 bits per heavy atom. The lowest BCUT2D eigenvalue weighted by molar-refractivity contribution is 1.15. The van der Waals surface area contributed by atoms with Crippen LogP contribution in [0.2, 0.25) is 0 Å². The first-order valence-electron chi connectivity index (χ1n) is 34.0. The van der Waals surface area contributed by atoms with Gasteiger partial charge in [0.25, 0.3) is 6.71 Å². The molecule has 0 unspecified atom stereocenters. The average Bonchev–Trinajstić information content (AvgIpc) is 1.17. The summed E-state index contributed by atoms with van der Waals surface area (Å²) in [5.74, 6) is 1.24. The van der Waals surface area contributed by atoms with E-state index in [0.717, 1.165) is 145 Å². The molecule has 0 atom stereocenters. The van der Waals surface area contributed by atoms with Crippen molar-refractivity contribution in [2.75, 3.05) is 9.80 Å². The number of hydrogen-bond acceptors (Lipinski definition) is 6. The van der Waals surface area contributed by atoms with Crippen LogP contribution in [0.5, 0.6) is 0 Å². The van der Waals surface area contributed by atoms with Crippen LogP contribution in [0.4, 0.5) is 34.1 Å². The van der Waals surface area contributed by atoms with Gasteiger partial charge in [0.05, 0.1) is 45.2 Å². The molecule has 0 fully saturated rings. The van der Waals surface area contributed by atoms with Gasteiger partial charge in [-0.05, 0) is 135 Å². The third kappa shape index (κ3) is 10.1. The van der Waals surface area contributed by atoms with Gasteiger partial charge in [-0.2, -0.15) is 0 Å². The van der Waals surface area contributed by atoms with E-state index in [1.54, 1.807) is 0 Å². The molecule has 0 amide bonds. The molecule has 0 spiro atoms. The van der Waals surface area contributed by atoms with E-state index < -0.39 is 0 Å². The molecule has 2 aliphatic heterocycles. The second-order valence-corrected chi connectivity index (χ2v) is 25.6. The first kappa shape index (κ1) is 58.1. The molecular weight excluding hydrogens is 1210 g/mol. The predicted octanol–water partition coefficient (Wildman–Crippen LogP) is 21.4. The topological polar surface area (TPSA) is 63.0 Å². The van der Waals surface area contributed by atoms with E-state index in [1.165, 1.54) is 22.1 Å². The van der Waals surface area contributed by atoms with Crippen molar-refractivity contribution in [3.8, 4) is 107 Å². The van der Waals surface area contributed by atoms with Crippen molar-refractivity contribution in [2.24, 2.45) is 0 Å². The SMILES string of the molecule is c1ccc(-c2ccc3c(c2)c2cc(-c4ccccc4)ccc2n3-c2ccc(-c3cc(-c4ccccc4)nc(-c4ccccc4)n3)cc2-c2cc(-c3ccccc3)nc(-c3ccc(-c4ccc5c6c4N(c4ccccc4)c4ccccc4B6c4ccccc4N5c4ccccc4)cc3)n2)cc1. The van der Waals surface area contributed by atoms with Crippen LogP contribution in [0.3, 0.4) is 0 Å². The zero-order valence-corrected chi connectivity index (χ0v) is 54.3. The van der Waals surface area contributed by atoms with E-state index in [2.05, 4.69) is 354 Å². The highest BCUT2D eigenvalue weighted by Crippen LogP contribution is 2.49. The lowest BCUT2D eigenvalue weighted by Crippen LogP contribution is -2.61. The van der Waals surface area contributed by atoms with Gasteiger partial charge in [-0.25, -0.2) is 19.9 Å². The third-order valence-corrected chi connectivity index (χ3v) is 19.8. The lowest BCUT2D eigenvalue weighted by atomic mass is 9.33. The highest BCUT2D eigenvalue weighted by molar-refractivity contribution is 7.00. The zero-order valence-electron chi connectivity index (χ0n) is 54.3. The predicted molar refractivity (Wildman–Crippen MR) is 415 cm³/mol. The Hall–Kier alpha value is -13.3. The van der Waals surface area contributed by atoms with Crippen molar-refractivity contribution < 1.29 is 0 Å². The van der Waals surface area contributed by atoms with Crippen LogP contribution >= 0.6 is 0 Å². The molecule has 0 saturated carbocycles. The molecule has 0 radical (unpaired) electrons. The van der Waals surface area contributed by atoms with Gasteiger partial charge in [-0.3, -0.25) is 0 Å². The summed E-state index contributed by atoms with van der Waals surface area (Å²) < 4.78 is 2.43. The minimum atomic E-state index is -0.0281. The van der Waals surface area contributed by atoms with E-state index in [1.807, 2.05) is 24.3 Å². The summed E-state index contributed by atoms with van der Waals surface area (Å²) in [6.45, 7) is -0.0281. The fraction of sp³-hybridized carbons (Fsp3) is 0. The Bertz CT molecular complexity index is 5790. The van der Waals surface area contributed by atoms with Crippen LogP contribution in [0.1, 0.15) is 0 Å². The Morgan fingerprint density at radius 1 is 0.230 bits per heavy atom. The molecule has 7 nitrogen and oxygen atoms in total. The molecule has 5 heterocycles. The van der Waals surface area contributed by atoms with Gasteiger partial charge < -0.3 is 14.4 Å². The monoisotopic (exact) mass is 1270 g/mol. The summed E-state index contributed by atoms with van der Waals surface area (Å²) >= 11 is 0. The Balaban J connectivity index is 0.826. The first-order chi connectivity index (χ1) is 49.6. The van der Waals surface area contributed by atoms with Crippen LogP contribution in [-0.2, 0) is 0 Å². The normalized spacial score (nSPS) is 12.1. The van der Waals surface area contributed by atoms with E-state index >= 15 is 0 Å². The fourth-order valence-corrected chi connectivity index (χ4v) is 15.2. The quantitative estimate of drug-likeness (QED) is 0.114.